The number of methoxy groups -OCH3 is 2. The maximum absolute atomic E-state index is 14.1. The van der Waals surface area contributed by atoms with Crippen LogP contribution in [0.25, 0.3) is 11.3 Å². The summed E-state index contributed by atoms with van der Waals surface area (Å²) in [5.74, 6) is 0.377. The van der Waals surface area contributed by atoms with Crippen molar-refractivity contribution in [1.29, 1.82) is 0 Å². The summed E-state index contributed by atoms with van der Waals surface area (Å²) in [5.41, 5.74) is 6.30. The van der Waals surface area contributed by atoms with Crippen LogP contribution in [0.3, 0.4) is 0 Å². The average molecular weight is 590 g/mol. The minimum absolute atomic E-state index is 0.0342. The van der Waals surface area contributed by atoms with Gasteiger partial charge in [0.15, 0.2) is 17.2 Å². The Hall–Kier alpha value is -4.91. The number of amides is 1. The molecule has 0 radical (unpaired) electrons. The Balaban J connectivity index is 1.64. The summed E-state index contributed by atoms with van der Waals surface area (Å²) in [7, 11) is 2.92. The normalized spacial score (nSPS) is 12.5. The third-order valence-corrected chi connectivity index (χ3v) is 7.42. The SMILES string of the molecule is CCOc1cc2c(cc1OC)-c1cc(=Nc3c(C)cc(C)cc3C)n(CCN(O)C(=O)c3[nH]nnc3OC)c(=O)n1CC2. The summed E-state index contributed by atoms with van der Waals surface area (Å²) in [4.78, 5) is 31.9. The lowest BCUT2D eigenvalue weighted by atomic mass is 9.97. The molecule has 0 unspecified atom stereocenters. The van der Waals surface area contributed by atoms with E-state index in [4.69, 9.17) is 19.2 Å². The van der Waals surface area contributed by atoms with Crippen molar-refractivity contribution in [2.45, 2.75) is 47.2 Å². The van der Waals surface area contributed by atoms with Gasteiger partial charge in [-0.1, -0.05) is 28.0 Å². The van der Waals surface area contributed by atoms with Crippen LogP contribution in [0.5, 0.6) is 17.4 Å². The number of aryl methyl sites for hydroxylation is 4. The first kappa shape index (κ1) is 29.6. The summed E-state index contributed by atoms with van der Waals surface area (Å²) < 4.78 is 19.6. The van der Waals surface area contributed by atoms with Gasteiger partial charge in [-0.2, -0.15) is 0 Å². The summed E-state index contributed by atoms with van der Waals surface area (Å²) in [5, 5.41) is 20.8. The van der Waals surface area contributed by atoms with Crippen molar-refractivity contribution in [2.75, 3.05) is 27.4 Å². The first-order valence-corrected chi connectivity index (χ1v) is 13.9. The van der Waals surface area contributed by atoms with Gasteiger partial charge in [0.25, 0.3) is 5.88 Å². The first-order chi connectivity index (χ1) is 20.7. The quantitative estimate of drug-likeness (QED) is 0.224. The summed E-state index contributed by atoms with van der Waals surface area (Å²) in [6.07, 6.45) is 0.607. The average Bonchev–Trinajstić information content (AvgIpc) is 3.46. The zero-order valence-corrected chi connectivity index (χ0v) is 25.1. The number of benzene rings is 2. The number of ether oxygens (including phenoxy) is 3. The van der Waals surface area contributed by atoms with Gasteiger partial charge < -0.3 is 14.2 Å². The molecule has 226 valence electrons. The number of fused-ring (bicyclic) bond motifs is 3. The van der Waals surface area contributed by atoms with Crippen molar-refractivity contribution in [1.82, 2.24) is 29.6 Å². The highest BCUT2D eigenvalue weighted by molar-refractivity contribution is 5.93. The molecule has 2 aromatic heterocycles. The predicted octanol–water partition coefficient (Wildman–Crippen LogP) is 3.10. The van der Waals surface area contributed by atoms with Gasteiger partial charge >= 0.3 is 11.6 Å². The Labute approximate surface area is 247 Å². The number of aromatic nitrogens is 5. The molecule has 0 bridgehead atoms. The second-order valence-corrected chi connectivity index (χ2v) is 10.3. The highest BCUT2D eigenvalue weighted by Gasteiger charge is 2.25. The van der Waals surface area contributed by atoms with Crippen molar-refractivity contribution in [3.05, 3.63) is 74.3 Å². The number of nitrogens with zero attached hydrogens (tertiary/aromatic N) is 6. The summed E-state index contributed by atoms with van der Waals surface area (Å²) in [6, 6.07) is 9.80. The van der Waals surface area contributed by atoms with Crippen molar-refractivity contribution in [2.24, 2.45) is 4.99 Å². The second-order valence-electron chi connectivity index (χ2n) is 10.3. The zero-order chi connectivity index (χ0) is 30.8. The van der Waals surface area contributed by atoms with Crippen molar-refractivity contribution in [3.8, 4) is 28.6 Å². The number of rotatable bonds is 9. The molecule has 1 aliphatic heterocycles. The zero-order valence-electron chi connectivity index (χ0n) is 25.1. The van der Waals surface area contributed by atoms with Gasteiger partial charge in [-0.25, -0.2) is 19.9 Å². The summed E-state index contributed by atoms with van der Waals surface area (Å²) >= 11 is 0. The van der Waals surface area contributed by atoms with Crippen LogP contribution in [0, 0.1) is 20.8 Å². The van der Waals surface area contributed by atoms with Gasteiger partial charge in [-0.05, 0) is 62.9 Å². The molecule has 1 aliphatic rings. The fourth-order valence-electron chi connectivity index (χ4n) is 5.46. The third-order valence-electron chi connectivity index (χ3n) is 7.42. The number of hydroxylamine groups is 2. The Bertz CT molecular complexity index is 1800. The van der Waals surface area contributed by atoms with Crippen LogP contribution in [0.2, 0.25) is 0 Å². The largest absolute Gasteiger partial charge is 0.493 e. The summed E-state index contributed by atoms with van der Waals surface area (Å²) in [6.45, 7) is 8.57. The minimum Gasteiger partial charge on any atom is -0.493 e. The molecule has 13 heteroatoms. The van der Waals surface area contributed by atoms with Crippen LogP contribution in [0.15, 0.2) is 40.1 Å². The van der Waals surface area contributed by atoms with Crippen LogP contribution in [0.4, 0.5) is 5.69 Å². The molecule has 0 saturated heterocycles. The molecule has 0 aliphatic carbocycles. The second kappa shape index (κ2) is 12.1. The number of carbonyl (C=O) groups is 1. The van der Waals surface area contributed by atoms with Crippen molar-refractivity contribution < 1.29 is 24.2 Å². The van der Waals surface area contributed by atoms with Crippen LogP contribution < -0.4 is 25.4 Å². The monoisotopic (exact) mass is 589 g/mol. The van der Waals surface area contributed by atoms with E-state index in [0.29, 0.717) is 47.3 Å². The maximum Gasteiger partial charge on any atom is 0.330 e. The van der Waals surface area contributed by atoms with Gasteiger partial charge in [0, 0.05) is 24.7 Å². The van der Waals surface area contributed by atoms with Crippen molar-refractivity contribution in [3.63, 3.8) is 0 Å². The molecular weight excluding hydrogens is 554 g/mol. The minimum atomic E-state index is -0.796. The Morgan fingerprint density at radius 3 is 2.51 bits per heavy atom. The number of hydrogen-bond acceptors (Lipinski definition) is 9. The molecule has 2 aromatic carbocycles. The Morgan fingerprint density at radius 1 is 1.09 bits per heavy atom. The first-order valence-electron chi connectivity index (χ1n) is 13.9. The van der Waals surface area contributed by atoms with E-state index in [1.165, 1.54) is 11.7 Å². The molecule has 0 atom stereocenters. The standard InChI is InChI=1S/C30H35N7O6/c1-7-43-24-14-20-8-9-35-22(21(20)15-23(24)41-5)16-25(31-26-18(3)12-17(2)13-19(26)4)36(30(35)39)10-11-37(40)29(38)27-28(42-6)33-34-32-27/h12-16,40H,7-11H2,1-6H3,(H,32,33,34). The predicted molar refractivity (Wildman–Crippen MR) is 157 cm³/mol. The molecule has 3 heterocycles. The van der Waals surface area contributed by atoms with E-state index in [-0.39, 0.29) is 30.4 Å². The molecule has 13 nitrogen and oxygen atoms in total. The molecule has 5 rings (SSSR count). The lowest BCUT2D eigenvalue weighted by Gasteiger charge is -2.25. The molecule has 2 N–H and O–H groups in total. The Kier molecular flexibility index (Phi) is 8.35. The van der Waals surface area contributed by atoms with Crippen LogP contribution >= 0.6 is 0 Å². The van der Waals surface area contributed by atoms with E-state index in [9.17, 15) is 14.8 Å². The van der Waals surface area contributed by atoms with Gasteiger partial charge in [0.2, 0.25) is 0 Å². The van der Waals surface area contributed by atoms with E-state index < -0.39 is 5.91 Å². The number of carbonyl (C=O) groups excluding carboxylic acids is 1. The lowest BCUT2D eigenvalue weighted by molar-refractivity contribution is -0.0608. The van der Waals surface area contributed by atoms with E-state index >= 15 is 0 Å². The molecule has 4 aromatic rings. The highest BCUT2D eigenvalue weighted by atomic mass is 16.5. The number of hydrogen-bond donors (Lipinski definition) is 2. The third kappa shape index (κ3) is 5.63. The molecular formula is C30H35N7O6. The number of nitrogens with one attached hydrogen (secondary N) is 1. The highest BCUT2D eigenvalue weighted by Crippen LogP contribution is 2.37. The van der Waals surface area contributed by atoms with E-state index in [1.54, 1.807) is 11.7 Å². The van der Waals surface area contributed by atoms with E-state index in [0.717, 1.165) is 33.5 Å². The Morgan fingerprint density at radius 2 is 1.84 bits per heavy atom. The van der Waals surface area contributed by atoms with Gasteiger partial charge in [-0.15, -0.1) is 0 Å². The number of aromatic amines is 1. The van der Waals surface area contributed by atoms with Crippen LogP contribution in [-0.2, 0) is 19.5 Å². The molecule has 0 saturated carbocycles. The number of H-pyrrole nitrogens is 1. The van der Waals surface area contributed by atoms with Crippen LogP contribution in [0.1, 0.15) is 39.7 Å². The van der Waals surface area contributed by atoms with Gasteiger partial charge in [0.1, 0.15) is 5.49 Å². The molecule has 43 heavy (non-hydrogen) atoms. The smallest absolute Gasteiger partial charge is 0.330 e. The van der Waals surface area contributed by atoms with E-state index in [2.05, 4.69) is 15.4 Å². The van der Waals surface area contributed by atoms with Crippen LogP contribution in [-0.4, -0.2) is 68.1 Å². The molecule has 0 spiro atoms. The molecule has 1 amide bonds. The van der Waals surface area contributed by atoms with Crippen molar-refractivity contribution >= 4 is 11.6 Å². The topological polar surface area (TPSA) is 149 Å². The lowest BCUT2D eigenvalue weighted by Crippen LogP contribution is -2.44. The maximum atomic E-state index is 14.1. The molecule has 0 fully saturated rings. The van der Waals surface area contributed by atoms with Gasteiger partial charge in [-0.3, -0.25) is 19.1 Å². The fourth-order valence-corrected chi connectivity index (χ4v) is 5.46. The van der Waals surface area contributed by atoms with E-state index in [1.807, 2.05) is 58.0 Å². The van der Waals surface area contributed by atoms with Gasteiger partial charge in [0.05, 0.1) is 38.8 Å². The fraction of sp³-hybridized carbons (Fsp3) is 0.367.